The first-order valence-electron chi connectivity index (χ1n) is 5.17. The van der Waals surface area contributed by atoms with Crippen LogP contribution in [0, 0.1) is 0 Å². The van der Waals surface area contributed by atoms with Crippen molar-refractivity contribution in [2.24, 2.45) is 0 Å². The van der Waals surface area contributed by atoms with E-state index in [1.165, 1.54) is 10.5 Å². The van der Waals surface area contributed by atoms with Crippen molar-refractivity contribution in [2.45, 2.75) is 17.9 Å². The molecule has 1 aromatic carbocycles. The van der Waals surface area contributed by atoms with Gasteiger partial charge in [-0.3, -0.25) is 0 Å². The highest BCUT2D eigenvalue weighted by atomic mass is 32.2. The Morgan fingerprint density at radius 2 is 2.13 bits per heavy atom. The molecule has 3 heteroatoms. The fourth-order valence-electron chi connectivity index (χ4n) is 1.36. The second-order valence-corrected chi connectivity index (χ2v) is 4.53. The minimum Gasteiger partial charge on any atom is -0.384 e. The molecule has 0 fully saturated rings. The fraction of sp³-hybridized carbons (Fsp3) is 0.500. The van der Waals surface area contributed by atoms with Gasteiger partial charge in [-0.05, 0) is 25.6 Å². The van der Waals surface area contributed by atoms with Gasteiger partial charge in [-0.1, -0.05) is 18.2 Å². The van der Waals surface area contributed by atoms with Crippen molar-refractivity contribution in [1.29, 1.82) is 0 Å². The molecule has 0 aliphatic heterocycles. The summed E-state index contributed by atoms with van der Waals surface area (Å²) < 4.78 is 5.05. The van der Waals surface area contributed by atoms with Gasteiger partial charge in [0.15, 0.2) is 0 Å². The van der Waals surface area contributed by atoms with Gasteiger partial charge in [-0.2, -0.15) is 0 Å². The molecule has 0 aliphatic rings. The van der Waals surface area contributed by atoms with Gasteiger partial charge in [-0.25, -0.2) is 0 Å². The van der Waals surface area contributed by atoms with Crippen LogP contribution in [0.25, 0.3) is 0 Å². The Hall–Kier alpha value is -0.510. The first-order valence-corrected chi connectivity index (χ1v) is 6.16. The minimum atomic E-state index is 0.399. The molecule has 0 amide bonds. The SMILES string of the molecule is CNC(C)c1ccccc1SCCOC. The highest BCUT2D eigenvalue weighted by molar-refractivity contribution is 7.99. The largest absolute Gasteiger partial charge is 0.384 e. The van der Waals surface area contributed by atoms with E-state index < -0.39 is 0 Å². The van der Waals surface area contributed by atoms with Crippen molar-refractivity contribution in [3.63, 3.8) is 0 Å². The molecule has 1 rings (SSSR count). The van der Waals surface area contributed by atoms with Crippen molar-refractivity contribution >= 4 is 11.8 Å². The number of hydrogen-bond acceptors (Lipinski definition) is 3. The highest BCUT2D eigenvalue weighted by Gasteiger charge is 2.07. The van der Waals surface area contributed by atoms with Crippen LogP contribution >= 0.6 is 11.8 Å². The second kappa shape index (κ2) is 6.88. The molecule has 0 spiro atoms. The minimum absolute atomic E-state index is 0.399. The maximum absolute atomic E-state index is 5.05. The molecule has 0 aliphatic carbocycles. The summed E-state index contributed by atoms with van der Waals surface area (Å²) in [5.41, 5.74) is 1.36. The first-order chi connectivity index (χ1) is 7.29. The van der Waals surface area contributed by atoms with Crippen LogP contribution < -0.4 is 5.32 Å². The molecule has 15 heavy (non-hydrogen) atoms. The lowest BCUT2D eigenvalue weighted by Gasteiger charge is -2.15. The van der Waals surface area contributed by atoms with Gasteiger partial charge in [0, 0.05) is 23.8 Å². The Bertz CT molecular complexity index is 291. The average molecular weight is 225 g/mol. The van der Waals surface area contributed by atoms with E-state index in [0.29, 0.717) is 6.04 Å². The molecule has 1 unspecified atom stereocenters. The predicted molar refractivity (Wildman–Crippen MR) is 66.5 cm³/mol. The molecule has 0 bridgehead atoms. The maximum Gasteiger partial charge on any atom is 0.0556 e. The number of hydrogen-bond donors (Lipinski definition) is 1. The van der Waals surface area contributed by atoms with Gasteiger partial charge >= 0.3 is 0 Å². The van der Waals surface area contributed by atoms with E-state index in [1.54, 1.807) is 7.11 Å². The zero-order valence-corrected chi connectivity index (χ0v) is 10.4. The molecule has 1 N–H and O–H groups in total. The molecule has 0 heterocycles. The molecule has 84 valence electrons. The zero-order chi connectivity index (χ0) is 11.1. The quantitative estimate of drug-likeness (QED) is 0.594. The normalized spacial score (nSPS) is 12.7. The summed E-state index contributed by atoms with van der Waals surface area (Å²) in [6.07, 6.45) is 0. The van der Waals surface area contributed by atoms with Crippen LogP contribution in [0.1, 0.15) is 18.5 Å². The molecule has 1 atom stereocenters. The van der Waals surface area contributed by atoms with Crippen LogP contribution in [0.5, 0.6) is 0 Å². The van der Waals surface area contributed by atoms with Gasteiger partial charge in [-0.15, -0.1) is 11.8 Å². The number of rotatable bonds is 6. The van der Waals surface area contributed by atoms with Crippen molar-refractivity contribution in [3.8, 4) is 0 Å². The van der Waals surface area contributed by atoms with Gasteiger partial charge in [0.05, 0.1) is 6.61 Å². The van der Waals surface area contributed by atoms with Crippen LogP contribution in [-0.4, -0.2) is 26.5 Å². The first kappa shape index (κ1) is 12.6. The Morgan fingerprint density at radius 1 is 1.40 bits per heavy atom. The molecule has 2 nitrogen and oxygen atoms in total. The molecule has 0 saturated heterocycles. The van der Waals surface area contributed by atoms with E-state index in [0.717, 1.165) is 12.4 Å². The molecule has 0 radical (unpaired) electrons. The summed E-state index contributed by atoms with van der Waals surface area (Å²) in [4.78, 5) is 1.34. The van der Waals surface area contributed by atoms with Crippen molar-refractivity contribution in [3.05, 3.63) is 29.8 Å². The molecule has 1 aromatic rings. The van der Waals surface area contributed by atoms with E-state index in [4.69, 9.17) is 4.74 Å². The smallest absolute Gasteiger partial charge is 0.0556 e. The van der Waals surface area contributed by atoms with Crippen LogP contribution in [0.15, 0.2) is 29.2 Å². The van der Waals surface area contributed by atoms with Crippen molar-refractivity contribution in [1.82, 2.24) is 5.32 Å². The summed E-state index contributed by atoms with van der Waals surface area (Å²) >= 11 is 1.85. The molecule has 0 saturated carbocycles. The zero-order valence-electron chi connectivity index (χ0n) is 9.62. The van der Waals surface area contributed by atoms with Crippen LogP contribution in [-0.2, 0) is 4.74 Å². The van der Waals surface area contributed by atoms with E-state index in [2.05, 4.69) is 36.5 Å². The number of methoxy groups -OCH3 is 1. The van der Waals surface area contributed by atoms with E-state index >= 15 is 0 Å². The predicted octanol–water partition coefficient (Wildman–Crippen LogP) is 2.71. The fourth-order valence-corrected chi connectivity index (χ4v) is 2.42. The standard InChI is InChI=1S/C12H19NOS/c1-10(13-2)11-6-4-5-7-12(11)15-9-8-14-3/h4-7,10,13H,8-9H2,1-3H3. The average Bonchev–Trinajstić information content (AvgIpc) is 2.29. The van der Waals surface area contributed by atoms with E-state index in [-0.39, 0.29) is 0 Å². The van der Waals surface area contributed by atoms with Crippen LogP contribution in [0.3, 0.4) is 0 Å². The number of ether oxygens (including phenoxy) is 1. The third-order valence-electron chi connectivity index (χ3n) is 2.36. The van der Waals surface area contributed by atoms with Gasteiger partial charge < -0.3 is 10.1 Å². The lowest BCUT2D eigenvalue weighted by Crippen LogP contribution is -2.13. The van der Waals surface area contributed by atoms with Crippen LogP contribution in [0.2, 0.25) is 0 Å². The van der Waals surface area contributed by atoms with Crippen molar-refractivity contribution in [2.75, 3.05) is 26.5 Å². The van der Waals surface area contributed by atoms with E-state index in [1.807, 2.05) is 18.8 Å². The molecule has 0 aromatic heterocycles. The molecular formula is C12H19NOS. The number of benzene rings is 1. The summed E-state index contributed by atoms with van der Waals surface area (Å²) in [5.74, 6) is 1.00. The van der Waals surface area contributed by atoms with Crippen molar-refractivity contribution < 1.29 is 4.74 Å². The Balaban J connectivity index is 2.68. The Morgan fingerprint density at radius 3 is 2.80 bits per heavy atom. The Kier molecular flexibility index (Phi) is 5.76. The second-order valence-electron chi connectivity index (χ2n) is 3.39. The summed E-state index contributed by atoms with van der Waals surface area (Å²) in [6.45, 7) is 2.97. The number of nitrogens with one attached hydrogen (secondary N) is 1. The van der Waals surface area contributed by atoms with Crippen LogP contribution in [0.4, 0.5) is 0 Å². The summed E-state index contributed by atoms with van der Waals surface area (Å²) in [5, 5.41) is 3.27. The third-order valence-corrected chi connectivity index (χ3v) is 3.42. The molecular weight excluding hydrogens is 206 g/mol. The van der Waals surface area contributed by atoms with Gasteiger partial charge in [0.1, 0.15) is 0 Å². The summed E-state index contributed by atoms with van der Waals surface area (Å²) in [6, 6.07) is 8.92. The monoisotopic (exact) mass is 225 g/mol. The lowest BCUT2D eigenvalue weighted by molar-refractivity contribution is 0.218. The maximum atomic E-state index is 5.05. The van der Waals surface area contributed by atoms with E-state index in [9.17, 15) is 0 Å². The highest BCUT2D eigenvalue weighted by Crippen LogP contribution is 2.26. The van der Waals surface area contributed by atoms with Gasteiger partial charge in [0.2, 0.25) is 0 Å². The third kappa shape index (κ3) is 3.86. The number of thioether (sulfide) groups is 1. The summed E-state index contributed by atoms with van der Waals surface area (Å²) in [7, 11) is 3.73. The lowest BCUT2D eigenvalue weighted by atomic mass is 10.1. The topological polar surface area (TPSA) is 21.3 Å². The van der Waals surface area contributed by atoms with Gasteiger partial charge in [0.25, 0.3) is 0 Å². The Labute approximate surface area is 96.4 Å².